The predicted octanol–water partition coefficient (Wildman–Crippen LogP) is 2.77. The first-order valence-corrected chi connectivity index (χ1v) is 10.4. The second-order valence-corrected chi connectivity index (χ2v) is 8.87. The number of nitrogens with zero attached hydrogens (tertiary/aromatic N) is 4. The van der Waals surface area contributed by atoms with Crippen LogP contribution in [0.2, 0.25) is 5.02 Å². The van der Waals surface area contributed by atoms with E-state index >= 15 is 0 Å². The fourth-order valence-corrected chi connectivity index (χ4v) is 5.32. The van der Waals surface area contributed by atoms with Gasteiger partial charge in [-0.15, -0.1) is 0 Å². The summed E-state index contributed by atoms with van der Waals surface area (Å²) in [7, 11) is -1.71. The topological polar surface area (TPSA) is 67.6 Å². The predicted molar refractivity (Wildman–Crippen MR) is 99.3 cm³/mol. The molecule has 0 radical (unpaired) electrons. The van der Waals surface area contributed by atoms with Gasteiger partial charge in [-0.3, -0.25) is 0 Å². The summed E-state index contributed by atoms with van der Waals surface area (Å²) in [6.07, 6.45) is 3.10. The first kappa shape index (κ1) is 17.5. The lowest BCUT2D eigenvalue weighted by molar-refractivity contribution is 0.307. The molecule has 3 aromatic rings. The Balaban J connectivity index is 1.98. The average Bonchev–Trinajstić information content (AvgIpc) is 3.01. The summed E-state index contributed by atoms with van der Waals surface area (Å²) < 4.78 is 28.3. The minimum Gasteiger partial charge on any atom is -0.302 e. The zero-order valence-electron chi connectivity index (χ0n) is 14.6. The minimum atomic E-state index is -3.77. The summed E-state index contributed by atoms with van der Waals surface area (Å²) >= 11 is 6.01. The Morgan fingerprint density at radius 1 is 1.31 bits per heavy atom. The molecule has 1 aliphatic rings. The molecule has 2 aromatic heterocycles. The molecule has 136 valence electrons. The lowest BCUT2D eigenvalue weighted by atomic mass is 10.1. The third-order valence-corrected chi connectivity index (χ3v) is 6.80. The highest BCUT2D eigenvalue weighted by molar-refractivity contribution is 7.91. The van der Waals surface area contributed by atoms with Crippen molar-refractivity contribution in [2.75, 3.05) is 13.6 Å². The van der Waals surface area contributed by atoms with Gasteiger partial charge in [0.25, 0.3) is 0 Å². The van der Waals surface area contributed by atoms with Gasteiger partial charge in [-0.25, -0.2) is 17.9 Å². The van der Waals surface area contributed by atoms with Crippen LogP contribution in [0.25, 0.3) is 5.65 Å². The molecule has 8 heteroatoms. The number of benzene rings is 1. The van der Waals surface area contributed by atoms with Crippen LogP contribution in [0.15, 0.2) is 40.3 Å². The van der Waals surface area contributed by atoms with Crippen molar-refractivity contribution in [2.45, 2.75) is 36.1 Å². The molecule has 0 saturated carbocycles. The molecule has 0 atom stereocenters. The van der Waals surface area contributed by atoms with E-state index in [9.17, 15) is 8.42 Å². The van der Waals surface area contributed by atoms with Crippen LogP contribution in [0.5, 0.6) is 0 Å². The number of rotatable bonds is 3. The molecule has 0 spiro atoms. The summed E-state index contributed by atoms with van der Waals surface area (Å²) in [4.78, 5) is 7.03. The fourth-order valence-electron chi connectivity index (χ4n) is 3.41. The van der Waals surface area contributed by atoms with Crippen LogP contribution in [-0.2, 0) is 29.2 Å². The molecular weight excluding hydrogens is 372 g/mol. The number of aryl methyl sites for hydroxylation is 1. The Morgan fingerprint density at radius 3 is 2.85 bits per heavy atom. The van der Waals surface area contributed by atoms with E-state index in [-0.39, 0.29) is 9.79 Å². The molecule has 0 fully saturated rings. The quantitative estimate of drug-likeness (QED) is 0.687. The van der Waals surface area contributed by atoms with E-state index in [2.05, 4.69) is 22.0 Å². The van der Waals surface area contributed by atoms with Gasteiger partial charge in [-0.2, -0.15) is 5.10 Å². The van der Waals surface area contributed by atoms with Crippen molar-refractivity contribution in [3.63, 3.8) is 0 Å². The van der Waals surface area contributed by atoms with Crippen LogP contribution in [0.1, 0.15) is 23.9 Å². The summed E-state index contributed by atoms with van der Waals surface area (Å²) in [6, 6.07) is 6.31. The van der Waals surface area contributed by atoms with Crippen LogP contribution in [0.3, 0.4) is 0 Å². The molecule has 0 aliphatic carbocycles. The number of sulfone groups is 1. The third-order valence-electron chi connectivity index (χ3n) is 4.74. The highest BCUT2D eigenvalue weighted by Crippen LogP contribution is 2.30. The van der Waals surface area contributed by atoms with E-state index in [1.807, 2.05) is 6.92 Å². The van der Waals surface area contributed by atoms with E-state index < -0.39 is 9.84 Å². The van der Waals surface area contributed by atoms with Crippen LogP contribution in [-0.4, -0.2) is 41.5 Å². The molecule has 0 N–H and O–H groups in total. The van der Waals surface area contributed by atoms with E-state index in [0.29, 0.717) is 22.8 Å². The molecule has 0 amide bonds. The molecule has 6 nitrogen and oxygen atoms in total. The van der Waals surface area contributed by atoms with Crippen molar-refractivity contribution in [2.24, 2.45) is 0 Å². The van der Waals surface area contributed by atoms with Crippen molar-refractivity contribution in [1.29, 1.82) is 0 Å². The Labute approximate surface area is 157 Å². The number of hydrogen-bond donors (Lipinski definition) is 0. The average molecular weight is 391 g/mol. The van der Waals surface area contributed by atoms with E-state index in [0.717, 1.165) is 30.8 Å². The van der Waals surface area contributed by atoms with Gasteiger partial charge in [0.2, 0.25) is 9.84 Å². The van der Waals surface area contributed by atoms with Gasteiger partial charge in [0.15, 0.2) is 5.65 Å². The van der Waals surface area contributed by atoms with Crippen molar-refractivity contribution in [1.82, 2.24) is 19.5 Å². The van der Waals surface area contributed by atoms with Crippen molar-refractivity contribution >= 4 is 27.1 Å². The Hall–Kier alpha value is -1.96. The highest BCUT2D eigenvalue weighted by Gasteiger charge is 2.30. The molecule has 4 rings (SSSR count). The molecular formula is C18H19ClN4O2S. The zero-order chi connectivity index (χ0) is 18.5. The van der Waals surface area contributed by atoms with Crippen molar-refractivity contribution in [3.8, 4) is 0 Å². The van der Waals surface area contributed by atoms with Crippen molar-refractivity contribution < 1.29 is 8.42 Å². The van der Waals surface area contributed by atoms with E-state index in [1.54, 1.807) is 28.9 Å². The minimum absolute atomic E-state index is 0.161. The number of hydrogen-bond acceptors (Lipinski definition) is 5. The van der Waals surface area contributed by atoms with Gasteiger partial charge >= 0.3 is 0 Å². The van der Waals surface area contributed by atoms with Crippen LogP contribution in [0.4, 0.5) is 0 Å². The van der Waals surface area contributed by atoms with Gasteiger partial charge in [0.05, 0.1) is 16.3 Å². The van der Waals surface area contributed by atoms with Gasteiger partial charge in [-0.1, -0.05) is 24.6 Å². The number of fused-ring (bicyclic) bond motifs is 3. The van der Waals surface area contributed by atoms with Gasteiger partial charge in [-0.05, 0) is 31.7 Å². The smallest absolute Gasteiger partial charge is 0.212 e. The first-order chi connectivity index (χ1) is 12.4. The maximum Gasteiger partial charge on any atom is 0.212 e. The van der Waals surface area contributed by atoms with Gasteiger partial charge < -0.3 is 4.90 Å². The second-order valence-electron chi connectivity index (χ2n) is 6.54. The van der Waals surface area contributed by atoms with E-state index in [4.69, 9.17) is 11.6 Å². The van der Waals surface area contributed by atoms with Crippen LogP contribution >= 0.6 is 11.6 Å². The Kier molecular flexibility index (Phi) is 4.25. The highest BCUT2D eigenvalue weighted by atomic mass is 35.5. The third kappa shape index (κ3) is 2.71. The number of aromatic nitrogens is 3. The Morgan fingerprint density at radius 2 is 2.12 bits per heavy atom. The molecule has 26 heavy (non-hydrogen) atoms. The molecule has 0 unspecified atom stereocenters. The van der Waals surface area contributed by atoms with Crippen LogP contribution < -0.4 is 0 Å². The summed E-state index contributed by atoms with van der Waals surface area (Å²) in [6.45, 7) is 3.60. The summed E-state index contributed by atoms with van der Waals surface area (Å²) in [5.74, 6) is 0. The molecule has 0 bridgehead atoms. The molecule has 0 saturated heterocycles. The number of halogens is 1. The summed E-state index contributed by atoms with van der Waals surface area (Å²) in [5, 5.41) is 4.99. The monoisotopic (exact) mass is 390 g/mol. The van der Waals surface area contributed by atoms with Gasteiger partial charge in [0, 0.05) is 36.3 Å². The fraction of sp³-hybridized carbons (Fsp3) is 0.333. The van der Waals surface area contributed by atoms with Crippen molar-refractivity contribution in [3.05, 3.63) is 52.4 Å². The maximum absolute atomic E-state index is 13.3. The normalized spacial score (nSPS) is 15.3. The lowest BCUT2D eigenvalue weighted by Crippen LogP contribution is -2.28. The molecule has 1 aromatic carbocycles. The first-order valence-electron chi connectivity index (χ1n) is 8.49. The van der Waals surface area contributed by atoms with E-state index in [1.165, 1.54) is 6.07 Å². The molecule has 1 aliphatic heterocycles. The Bertz CT molecular complexity index is 1110. The largest absolute Gasteiger partial charge is 0.302 e. The number of likely N-dealkylation sites (N-methyl/N-ethyl adjacent to an activating group) is 1. The molecule has 3 heterocycles. The zero-order valence-corrected chi connectivity index (χ0v) is 16.2. The lowest BCUT2D eigenvalue weighted by Gasteiger charge is -2.24. The summed E-state index contributed by atoms with van der Waals surface area (Å²) in [5.41, 5.74) is 3.05. The maximum atomic E-state index is 13.3. The van der Waals surface area contributed by atoms with Crippen LogP contribution in [0, 0.1) is 0 Å². The second kappa shape index (κ2) is 6.33. The van der Waals surface area contributed by atoms with Gasteiger partial charge in [0.1, 0.15) is 4.90 Å². The standard InChI is InChI=1S/C18H19ClN4O2S/c1-3-15-17(26(24,25)14-6-4-5-13(19)9-14)18-20-10-12-11-22(2)8-7-16(12)23(18)21-15/h4-6,9-10H,3,7-8,11H2,1-2H3. The SMILES string of the molecule is CCc1nn2c3c(cnc2c1S(=O)(=O)c1cccc(Cl)c1)CN(C)CC3.